The van der Waals surface area contributed by atoms with Crippen molar-refractivity contribution in [3.8, 4) is 5.75 Å². The van der Waals surface area contributed by atoms with Gasteiger partial charge < -0.3 is 14.4 Å². The van der Waals surface area contributed by atoms with Crippen LogP contribution in [0.1, 0.15) is 24.8 Å². The number of hydrogen-bond acceptors (Lipinski definition) is 3. The first-order chi connectivity index (χ1) is 13.1. The van der Waals surface area contributed by atoms with Crippen LogP contribution in [0, 0.1) is 0 Å². The van der Waals surface area contributed by atoms with Crippen LogP contribution in [-0.4, -0.2) is 37.2 Å². The molecular weight excluding hydrogens is 400 g/mol. The first-order valence-corrected chi connectivity index (χ1v) is 10.7. The standard InChI is InChI=1S/C21H26Cl2NO2P/c22-20-7-4-18(14-21(20)23)25-13-1-10-24-11-8-17(9-12-24)26-15-16-2-5-19(27)6-3-16/h2-7,14,17H,1,8-13,15,27H2. The highest BCUT2D eigenvalue weighted by atomic mass is 35.5. The average Bonchev–Trinajstić information content (AvgIpc) is 2.68. The molecule has 27 heavy (non-hydrogen) atoms. The van der Waals surface area contributed by atoms with Crippen LogP contribution in [0.2, 0.25) is 10.0 Å². The molecule has 1 aliphatic rings. The number of piperidine rings is 1. The highest BCUT2D eigenvalue weighted by Gasteiger charge is 2.19. The fraction of sp³-hybridized carbons (Fsp3) is 0.429. The average molecular weight is 426 g/mol. The van der Waals surface area contributed by atoms with E-state index in [1.807, 2.05) is 6.07 Å². The lowest BCUT2D eigenvalue weighted by atomic mass is 10.1. The van der Waals surface area contributed by atoms with Crippen LogP contribution in [0.15, 0.2) is 42.5 Å². The third-order valence-corrected chi connectivity index (χ3v) is 5.90. The summed E-state index contributed by atoms with van der Waals surface area (Å²) in [5, 5.41) is 2.28. The maximum Gasteiger partial charge on any atom is 0.120 e. The number of ether oxygens (including phenoxy) is 2. The van der Waals surface area contributed by atoms with Gasteiger partial charge in [-0.15, -0.1) is 9.24 Å². The van der Waals surface area contributed by atoms with Gasteiger partial charge in [-0.2, -0.15) is 0 Å². The minimum Gasteiger partial charge on any atom is -0.493 e. The van der Waals surface area contributed by atoms with Crippen molar-refractivity contribution in [2.24, 2.45) is 0 Å². The predicted octanol–water partition coefficient (Wildman–Crippen LogP) is 4.94. The van der Waals surface area contributed by atoms with Gasteiger partial charge in [0.05, 0.1) is 29.4 Å². The Morgan fingerprint density at radius 3 is 2.44 bits per heavy atom. The maximum atomic E-state index is 6.08. The lowest BCUT2D eigenvalue weighted by molar-refractivity contribution is -0.00302. The van der Waals surface area contributed by atoms with Crippen LogP contribution in [0.5, 0.6) is 5.75 Å². The minimum absolute atomic E-state index is 0.365. The molecular formula is C21H26Cl2NO2P. The second kappa shape index (κ2) is 10.6. The number of halogens is 2. The van der Waals surface area contributed by atoms with E-state index in [0.29, 0.717) is 29.4 Å². The van der Waals surface area contributed by atoms with Crippen LogP contribution < -0.4 is 10.0 Å². The van der Waals surface area contributed by atoms with Gasteiger partial charge in [-0.1, -0.05) is 47.5 Å². The molecule has 3 rings (SSSR count). The van der Waals surface area contributed by atoms with Crippen molar-refractivity contribution in [2.75, 3.05) is 26.2 Å². The van der Waals surface area contributed by atoms with E-state index in [2.05, 4.69) is 38.4 Å². The summed E-state index contributed by atoms with van der Waals surface area (Å²) >= 11 is 11.9. The zero-order valence-corrected chi connectivity index (χ0v) is 18.0. The zero-order chi connectivity index (χ0) is 19.1. The van der Waals surface area contributed by atoms with Crippen LogP contribution in [-0.2, 0) is 11.3 Å². The lowest BCUT2D eigenvalue weighted by Crippen LogP contribution is -2.37. The van der Waals surface area contributed by atoms with E-state index in [4.69, 9.17) is 32.7 Å². The van der Waals surface area contributed by atoms with E-state index in [9.17, 15) is 0 Å². The van der Waals surface area contributed by atoms with Crippen molar-refractivity contribution in [3.63, 3.8) is 0 Å². The molecule has 0 spiro atoms. The Balaban J connectivity index is 1.29. The first-order valence-electron chi connectivity index (χ1n) is 9.36. The predicted molar refractivity (Wildman–Crippen MR) is 117 cm³/mol. The Kier molecular flexibility index (Phi) is 8.24. The van der Waals surface area contributed by atoms with Gasteiger partial charge in [0.15, 0.2) is 0 Å². The summed E-state index contributed by atoms with van der Waals surface area (Å²) in [5.74, 6) is 0.770. The van der Waals surface area contributed by atoms with Gasteiger partial charge in [-0.25, -0.2) is 0 Å². The molecule has 0 amide bonds. The molecule has 2 aromatic carbocycles. The van der Waals surface area contributed by atoms with E-state index in [1.165, 1.54) is 10.9 Å². The van der Waals surface area contributed by atoms with Crippen LogP contribution in [0.3, 0.4) is 0 Å². The largest absolute Gasteiger partial charge is 0.493 e. The van der Waals surface area contributed by atoms with Crippen molar-refractivity contribution in [1.29, 1.82) is 0 Å². The number of benzene rings is 2. The summed E-state index contributed by atoms with van der Waals surface area (Å²) in [6.45, 7) is 4.60. The lowest BCUT2D eigenvalue weighted by Gasteiger charge is -2.31. The third kappa shape index (κ3) is 6.93. The van der Waals surface area contributed by atoms with Gasteiger partial charge in [-0.05, 0) is 42.3 Å². The van der Waals surface area contributed by atoms with Crippen molar-refractivity contribution < 1.29 is 9.47 Å². The first kappa shape index (κ1) is 20.9. The second-order valence-electron chi connectivity index (χ2n) is 6.87. The summed E-state index contributed by atoms with van der Waals surface area (Å²) in [6.07, 6.45) is 3.54. The van der Waals surface area contributed by atoms with Gasteiger partial charge in [0.2, 0.25) is 0 Å². The topological polar surface area (TPSA) is 21.7 Å². The monoisotopic (exact) mass is 425 g/mol. The molecule has 1 unspecified atom stereocenters. The van der Waals surface area contributed by atoms with Crippen molar-refractivity contribution in [3.05, 3.63) is 58.1 Å². The van der Waals surface area contributed by atoms with E-state index in [1.54, 1.807) is 12.1 Å². The highest BCUT2D eigenvalue weighted by molar-refractivity contribution is 7.27. The molecule has 146 valence electrons. The van der Waals surface area contributed by atoms with Gasteiger partial charge >= 0.3 is 0 Å². The summed E-state index contributed by atoms with van der Waals surface area (Å²) in [7, 11) is 2.71. The minimum atomic E-state index is 0.365. The maximum absolute atomic E-state index is 6.08. The molecule has 1 heterocycles. The quantitative estimate of drug-likeness (QED) is 0.441. The Morgan fingerprint density at radius 1 is 1.00 bits per heavy atom. The second-order valence-corrected chi connectivity index (χ2v) is 8.35. The number of hydrogen-bond donors (Lipinski definition) is 0. The molecule has 1 fully saturated rings. The van der Waals surface area contributed by atoms with E-state index in [0.717, 1.165) is 44.6 Å². The summed E-state index contributed by atoms with van der Waals surface area (Å²) in [4.78, 5) is 2.49. The molecule has 2 aromatic rings. The molecule has 3 nitrogen and oxygen atoms in total. The smallest absolute Gasteiger partial charge is 0.120 e. The van der Waals surface area contributed by atoms with E-state index < -0.39 is 0 Å². The Morgan fingerprint density at radius 2 is 1.74 bits per heavy atom. The fourth-order valence-electron chi connectivity index (χ4n) is 3.17. The van der Waals surface area contributed by atoms with Crippen molar-refractivity contribution >= 4 is 37.7 Å². The summed E-state index contributed by atoms with van der Waals surface area (Å²) in [5.41, 5.74) is 1.24. The fourth-order valence-corrected chi connectivity index (χ4v) is 3.65. The molecule has 1 atom stereocenters. The highest BCUT2D eigenvalue weighted by Crippen LogP contribution is 2.26. The van der Waals surface area contributed by atoms with Crippen LogP contribution in [0.25, 0.3) is 0 Å². The molecule has 6 heteroatoms. The number of likely N-dealkylation sites (tertiary alicyclic amines) is 1. The van der Waals surface area contributed by atoms with Gasteiger partial charge in [0.1, 0.15) is 5.75 Å². The SMILES string of the molecule is Pc1ccc(COC2CCN(CCCOc3ccc(Cl)c(Cl)c3)CC2)cc1. The van der Waals surface area contributed by atoms with E-state index >= 15 is 0 Å². The van der Waals surface area contributed by atoms with Crippen LogP contribution in [0.4, 0.5) is 0 Å². The zero-order valence-electron chi connectivity index (χ0n) is 15.4. The van der Waals surface area contributed by atoms with Gasteiger partial charge in [-0.3, -0.25) is 0 Å². The van der Waals surface area contributed by atoms with Gasteiger partial charge in [0, 0.05) is 25.7 Å². The molecule has 0 saturated carbocycles. The Hall–Kier alpha value is -0.830. The third-order valence-electron chi connectivity index (χ3n) is 4.78. The Labute approximate surface area is 174 Å². The Bertz CT molecular complexity index is 719. The molecule has 1 aliphatic heterocycles. The number of rotatable bonds is 8. The number of nitrogens with zero attached hydrogens (tertiary/aromatic N) is 1. The van der Waals surface area contributed by atoms with Crippen molar-refractivity contribution in [1.82, 2.24) is 4.90 Å². The van der Waals surface area contributed by atoms with Gasteiger partial charge in [0.25, 0.3) is 0 Å². The summed E-state index contributed by atoms with van der Waals surface area (Å²) < 4.78 is 11.8. The normalized spacial score (nSPS) is 15.8. The molecule has 0 radical (unpaired) electrons. The molecule has 0 bridgehead atoms. The van der Waals surface area contributed by atoms with Crippen molar-refractivity contribution in [2.45, 2.75) is 32.0 Å². The molecule has 0 N–H and O–H groups in total. The van der Waals surface area contributed by atoms with E-state index in [-0.39, 0.29) is 0 Å². The molecule has 0 aliphatic carbocycles. The summed E-state index contributed by atoms with van der Waals surface area (Å²) in [6, 6.07) is 13.8. The van der Waals surface area contributed by atoms with Crippen LogP contribution >= 0.6 is 32.4 Å². The molecule has 1 saturated heterocycles. The molecule has 0 aromatic heterocycles.